The SMILES string of the molecule is COc1ccc(/C=C/CCCCC(CC2=C(NC(=O)CCCC(=O)N(C)C)C=CCC2=O)C(=O)O)cc1. The predicted octanol–water partition coefficient (Wildman–Crippen LogP) is 4.52. The van der Waals surface area contributed by atoms with Crippen molar-refractivity contribution in [3.05, 3.63) is 59.3 Å². The van der Waals surface area contributed by atoms with Crippen molar-refractivity contribution in [2.75, 3.05) is 21.2 Å². The highest BCUT2D eigenvalue weighted by atomic mass is 16.5. The number of methoxy groups -OCH3 is 1. The molecule has 0 aromatic heterocycles. The van der Waals surface area contributed by atoms with Crippen LogP contribution in [0.15, 0.2) is 53.8 Å². The van der Waals surface area contributed by atoms with E-state index in [4.69, 9.17) is 4.74 Å². The van der Waals surface area contributed by atoms with Gasteiger partial charge in [0.15, 0.2) is 5.78 Å². The third kappa shape index (κ3) is 10.5. The maximum Gasteiger partial charge on any atom is 0.306 e. The second-order valence-corrected chi connectivity index (χ2v) is 9.31. The van der Waals surface area contributed by atoms with E-state index >= 15 is 0 Å². The summed E-state index contributed by atoms with van der Waals surface area (Å²) in [5, 5.41) is 12.5. The summed E-state index contributed by atoms with van der Waals surface area (Å²) in [5.41, 5.74) is 1.79. The molecule has 8 heteroatoms. The number of nitrogens with zero attached hydrogens (tertiary/aromatic N) is 1. The van der Waals surface area contributed by atoms with E-state index in [2.05, 4.69) is 11.4 Å². The third-order valence-electron chi connectivity index (χ3n) is 6.22. The number of carbonyl (C=O) groups is 4. The van der Waals surface area contributed by atoms with Gasteiger partial charge < -0.3 is 20.1 Å². The number of aliphatic carboxylic acids is 1. The molecule has 200 valence electrons. The quantitative estimate of drug-likeness (QED) is 0.336. The molecular weight excluding hydrogens is 472 g/mol. The number of benzene rings is 1. The summed E-state index contributed by atoms with van der Waals surface area (Å²) < 4.78 is 5.15. The molecule has 1 atom stereocenters. The number of hydrogen-bond donors (Lipinski definition) is 2. The Morgan fingerprint density at radius 2 is 1.84 bits per heavy atom. The Hall–Kier alpha value is -3.68. The first-order valence-electron chi connectivity index (χ1n) is 12.7. The number of unbranched alkanes of at least 4 members (excludes halogenated alkanes) is 2. The average Bonchev–Trinajstić information content (AvgIpc) is 2.86. The number of carboxylic acids is 1. The number of amides is 2. The highest BCUT2D eigenvalue weighted by Crippen LogP contribution is 2.25. The summed E-state index contributed by atoms with van der Waals surface area (Å²) in [7, 11) is 4.95. The number of carbonyl (C=O) groups excluding carboxylic acids is 3. The van der Waals surface area contributed by atoms with Gasteiger partial charge in [0, 0.05) is 44.6 Å². The monoisotopic (exact) mass is 510 g/mol. The molecule has 2 N–H and O–H groups in total. The molecule has 0 heterocycles. The molecule has 0 spiro atoms. The van der Waals surface area contributed by atoms with Crippen LogP contribution in [0, 0.1) is 5.92 Å². The van der Waals surface area contributed by atoms with E-state index in [1.54, 1.807) is 33.4 Å². The van der Waals surface area contributed by atoms with Crippen LogP contribution in [-0.4, -0.2) is 54.8 Å². The Morgan fingerprint density at radius 1 is 1.11 bits per heavy atom. The van der Waals surface area contributed by atoms with E-state index in [0.29, 0.717) is 30.5 Å². The molecule has 1 aliphatic carbocycles. The van der Waals surface area contributed by atoms with Crippen LogP contribution in [0.1, 0.15) is 63.4 Å². The minimum atomic E-state index is -0.948. The van der Waals surface area contributed by atoms with Crippen molar-refractivity contribution in [1.29, 1.82) is 0 Å². The second kappa shape index (κ2) is 15.4. The Morgan fingerprint density at radius 3 is 2.49 bits per heavy atom. The topological polar surface area (TPSA) is 113 Å². The van der Waals surface area contributed by atoms with E-state index < -0.39 is 11.9 Å². The first-order valence-corrected chi connectivity index (χ1v) is 12.7. The van der Waals surface area contributed by atoms with E-state index in [9.17, 15) is 24.3 Å². The lowest BCUT2D eigenvalue weighted by molar-refractivity contribution is -0.142. The van der Waals surface area contributed by atoms with Crippen molar-refractivity contribution in [3.8, 4) is 5.75 Å². The van der Waals surface area contributed by atoms with E-state index in [1.165, 1.54) is 4.90 Å². The van der Waals surface area contributed by atoms with Crippen LogP contribution in [0.3, 0.4) is 0 Å². The number of nitrogens with one attached hydrogen (secondary N) is 1. The number of ketones is 1. The molecule has 0 bridgehead atoms. The molecule has 0 saturated carbocycles. The fraction of sp³-hybridized carbons (Fsp3) is 0.448. The van der Waals surface area contributed by atoms with Crippen LogP contribution in [0.2, 0.25) is 0 Å². The summed E-state index contributed by atoms with van der Waals surface area (Å²) in [6.45, 7) is 0. The Labute approximate surface area is 219 Å². The number of rotatable bonds is 15. The number of Topliss-reactive ketones (excluding diaryl/α,β-unsaturated/α-hetero) is 1. The fourth-order valence-electron chi connectivity index (χ4n) is 3.98. The van der Waals surface area contributed by atoms with Crippen LogP contribution in [0.5, 0.6) is 5.75 Å². The molecule has 1 aromatic carbocycles. The van der Waals surface area contributed by atoms with E-state index in [1.807, 2.05) is 30.3 Å². The van der Waals surface area contributed by atoms with Gasteiger partial charge in [-0.05, 0) is 55.9 Å². The third-order valence-corrected chi connectivity index (χ3v) is 6.22. The van der Waals surface area contributed by atoms with Gasteiger partial charge in [-0.2, -0.15) is 0 Å². The molecule has 2 amide bonds. The summed E-state index contributed by atoms with van der Waals surface area (Å²) >= 11 is 0. The maximum absolute atomic E-state index is 12.6. The Balaban J connectivity index is 1.88. The molecule has 37 heavy (non-hydrogen) atoms. The Kier molecular flexibility index (Phi) is 12.3. The second-order valence-electron chi connectivity index (χ2n) is 9.31. The molecule has 0 fully saturated rings. The zero-order chi connectivity index (χ0) is 27.2. The van der Waals surface area contributed by atoms with Gasteiger partial charge in [-0.1, -0.05) is 36.8 Å². The normalized spacial score (nSPS) is 14.1. The van der Waals surface area contributed by atoms with Gasteiger partial charge in [0.1, 0.15) is 5.75 Å². The minimum absolute atomic E-state index is 0.0547. The summed E-state index contributed by atoms with van der Waals surface area (Å²) in [6, 6.07) is 7.74. The van der Waals surface area contributed by atoms with Crippen molar-refractivity contribution in [2.24, 2.45) is 5.92 Å². The zero-order valence-electron chi connectivity index (χ0n) is 22.0. The lowest BCUT2D eigenvalue weighted by Crippen LogP contribution is -2.28. The van der Waals surface area contributed by atoms with Gasteiger partial charge in [-0.25, -0.2) is 0 Å². The van der Waals surface area contributed by atoms with Gasteiger partial charge in [0.05, 0.1) is 13.0 Å². The standard InChI is InChI=1S/C29H38N2O6/c1-31(2)28(34)15-9-14-27(33)30-25-12-8-13-26(32)24(25)20-22(29(35)36)11-7-5-4-6-10-21-16-18-23(37-3)19-17-21/h6,8,10,12,16-19,22H,4-5,7,9,11,13-15,20H2,1-3H3,(H,30,33)(H,35,36)/b10-6+. The number of carboxylic acid groups (broad SMARTS) is 1. The van der Waals surface area contributed by atoms with Gasteiger partial charge in [-0.15, -0.1) is 0 Å². The summed E-state index contributed by atoms with van der Waals surface area (Å²) in [6.07, 6.45) is 11.3. The largest absolute Gasteiger partial charge is 0.497 e. The van der Waals surface area contributed by atoms with Crippen molar-refractivity contribution in [1.82, 2.24) is 10.2 Å². The average molecular weight is 511 g/mol. The van der Waals surface area contributed by atoms with Crippen molar-refractivity contribution in [2.45, 2.75) is 57.8 Å². The smallest absolute Gasteiger partial charge is 0.306 e. The van der Waals surface area contributed by atoms with E-state index in [0.717, 1.165) is 24.2 Å². The van der Waals surface area contributed by atoms with Crippen LogP contribution < -0.4 is 10.1 Å². The molecule has 8 nitrogen and oxygen atoms in total. The van der Waals surface area contributed by atoms with E-state index in [-0.39, 0.29) is 43.3 Å². The molecule has 0 saturated heterocycles. The summed E-state index contributed by atoms with van der Waals surface area (Å²) in [4.78, 5) is 50.1. The van der Waals surface area contributed by atoms with Gasteiger partial charge in [0.25, 0.3) is 0 Å². The first kappa shape index (κ1) is 29.5. The molecule has 0 radical (unpaired) electrons. The van der Waals surface area contributed by atoms with Crippen molar-refractivity contribution < 1.29 is 29.0 Å². The maximum atomic E-state index is 12.6. The van der Waals surface area contributed by atoms with Gasteiger partial charge in [0.2, 0.25) is 11.8 Å². The lowest BCUT2D eigenvalue weighted by Gasteiger charge is -2.19. The van der Waals surface area contributed by atoms with Crippen molar-refractivity contribution >= 4 is 29.6 Å². The Bertz CT molecular complexity index is 1040. The zero-order valence-corrected chi connectivity index (χ0v) is 22.0. The van der Waals surface area contributed by atoms with Gasteiger partial charge in [-0.3, -0.25) is 19.2 Å². The van der Waals surface area contributed by atoms with Crippen LogP contribution in [-0.2, 0) is 19.2 Å². The molecule has 1 aliphatic rings. The lowest BCUT2D eigenvalue weighted by atomic mass is 9.88. The number of ether oxygens (including phenoxy) is 1. The predicted molar refractivity (Wildman–Crippen MR) is 143 cm³/mol. The fourth-order valence-corrected chi connectivity index (χ4v) is 3.98. The highest BCUT2D eigenvalue weighted by Gasteiger charge is 2.26. The molecule has 2 rings (SSSR count). The summed E-state index contributed by atoms with van der Waals surface area (Å²) in [5.74, 6) is -1.38. The van der Waals surface area contributed by atoms with Crippen LogP contribution in [0.4, 0.5) is 0 Å². The molecule has 1 aromatic rings. The number of hydrogen-bond acceptors (Lipinski definition) is 5. The highest BCUT2D eigenvalue weighted by molar-refractivity contribution is 6.00. The molecular formula is C29H38N2O6. The van der Waals surface area contributed by atoms with Gasteiger partial charge >= 0.3 is 5.97 Å². The number of allylic oxidation sites excluding steroid dienone is 4. The first-order chi connectivity index (χ1) is 17.7. The molecule has 0 aliphatic heterocycles. The minimum Gasteiger partial charge on any atom is -0.497 e. The molecule has 1 unspecified atom stereocenters. The van der Waals surface area contributed by atoms with Crippen LogP contribution in [0.25, 0.3) is 6.08 Å². The van der Waals surface area contributed by atoms with Crippen LogP contribution >= 0.6 is 0 Å². The van der Waals surface area contributed by atoms with Crippen molar-refractivity contribution in [3.63, 3.8) is 0 Å².